The third kappa shape index (κ3) is 19.2. The van der Waals surface area contributed by atoms with Gasteiger partial charge in [0.2, 0.25) is 0 Å². The van der Waals surface area contributed by atoms with Crippen LogP contribution >= 0.6 is 0 Å². The molecule has 0 radical (unpaired) electrons. The minimum atomic E-state index is 0.219. The van der Waals surface area contributed by atoms with Crippen molar-refractivity contribution in [1.82, 2.24) is 10.6 Å². The molecule has 0 bridgehead atoms. The number of hydrogen-bond acceptors (Lipinski definition) is 4. The van der Waals surface area contributed by atoms with Crippen LogP contribution in [-0.2, 0) is 9.59 Å². The van der Waals surface area contributed by atoms with Crippen molar-refractivity contribution < 1.29 is 9.59 Å². The maximum absolute atomic E-state index is 11.7. The highest BCUT2D eigenvalue weighted by molar-refractivity contribution is 5.80. The van der Waals surface area contributed by atoms with E-state index in [1.165, 1.54) is 51.4 Å². The standard InChI is InChI=1S/C19H38N2O2/c1-18(22)13-12-16-21-17-19(23)14-10-8-6-4-3-5-7-9-11-15-20-2/h20-21H,3-17H2,1-2H3. The van der Waals surface area contributed by atoms with Crippen LogP contribution in [0.1, 0.15) is 84.0 Å². The van der Waals surface area contributed by atoms with E-state index >= 15 is 0 Å². The van der Waals surface area contributed by atoms with Crippen LogP contribution in [0.25, 0.3) is 0 Å². The highest BCUT2D eigenvalue weighted by atomic mass is 16.1. The Labute approximate surface area is 143 Å². The third-order valence-electron chi connectivity index (χ3n) is 4.09. The van der Waals surface area contributed by atoms with Gasteiger partial charge in [-0.05, 0) is 46.3 Å². The molecule has 0 amide bonds. The molecule has 4 nitrogen and oxygen atoms in total. The lowest BCUT2D eigenvalue weighted by Crippen LogP contribution is -2.24. The molecule has 0 aliphatic carbocycles. The van der Waals surface area contributed by atoms with Gasteiger partial charge < -0.3 is 15.4 Å². The van der Waals surface area contributed by atoms with Gasteiger partial charge in [0.05, 0.1) is 6.54 Å². The zero-order valence-corrected chi connectivity index (χ0v) is 15.4. The van der Waals surface area contributed by atoms with E-state index in [2.05, 4.69) is 10.6 Å². The largest absolute Gasteiger partial charge is 0.320 e. The summed E-state index contributed by atoms with van der Waals surface area (Å²) in [4.78, 5) is 22.4. The first-order valence-electron chi connectivity index (χ1n) is 9.53. The number of nitrogens with one attached hydrogen (secondary N) is 2. The molecule has 0 unspecified atom stereocenters. The Balaban J connectivity index is 3.16. The van der Waals surface area contributed by atoms with E-state index in [0.717, 1.165) is 25.9 Å². The lowest BCUT2D eigenvalue weighted by molar-refractivity contribution is -0.118. The number of ketones is 2. The molecule has 0 aliphatic rings. The van der Waals surface area contributed by atoms with Crippen molar-refractivity contribution in [2.75, 3.05) is 26.7 Å². The number of unbranched alkanes of at least 4 members (excludes halogenated alkanes) is 8. The summed E-state index contributed by atoms with van der Waals surface area (Å²) in [5.74, 6) is 0.522. The lowest BCUT2D eigenvalue weighted by atomic mass is 10.1. The second kappa shape index (κ2) is 17.6. The quantitative estimate of drug-likeness (QED) is 0.378. The molecule has 136 valence electrons. The number of rotatable bonds is 18. The van der Waals surface area contributed by atoms with Crippen molar-refractivity contribution in [2.24, 2.45) is 0 Å². The fourth-order valence-corrected chi connectivity index (χ4v) is 2.64. The first kappa shape index (κ1) is 22.3. The Bertz CT molecular complexity index is 293. The summed E-state index contributed by atoms with van der Waals surface area (Å²) < 4.78 is 0. The van der Waals surface area contributed by atoms with E-state index < -0.39 is 0 Å². The zero-order valence-electron chi connectivity index (χ0n) is 15.4. The van der Waals surface area contributed by atoms with Gasteiger partial charge in [-0.2, -0.15) is 0 Å². The van der Waals surface area contributed by atoms with Crippen LogP contribution in [0.15, 0.2) is 0 Å². The van der Waals surface area contributed by atoms with Gasteiger partial charge in [-0.25, -0.2) is 0 Å². The minimum Gasteiger partial charge on any atom is -0.320 e. The molecule has 0 aliphatic heterocycles. The van der Waals surface area contributed by atoms with Crippen LogP contribution in [-0.4, -0.2) is 38.2 Å². The predicted octanol–water partition coefficient (Wildman–Crippen LogP) is 3.63. The fraction of sp³-hybridized carbons (Fsp3) is 0.895. The molecule has 0 aromatic carbocycles. The third-order valence-corrected chi connectivity index (χ3v) is 4.09. The smallest absolute Gasteiger partial charge is 0.146 e. The molecule has 0 saturated carbocycles. The van der Waals surface area contributed by atoms with Crippen LogP contribution in [0.4, 0.5) is 0 Å². The SMILES string of the molecule is CNCCCCCCCCCCCC(=O)CNCCCC(C)=O. The summed E-state index contributed by atoms with van der Waals surface area (Å²) in [5.41, 5.74) is 0. The summed E-state index contributed by atoms with van der Waals surface area (Å²) in [6.45, 7) is 3.97. The molecule has 0 atom stereocenters. The molecule has 23 heavy (non-hydrogen) atoms. The predicted molar refractivity (Wildman–Crippen MR) is 97.9 cm³/mol. The molecule has 4 heteroatoms. The van der Waals surface area contributed by atoms with E-state index in [4.69, 9.17) is 0 Å². The summed E-state index contributed by atoms with van der Waals surface area (Å²) in [5, 5.41) is 6.30. The van der Waals surface area contributed by atoms with Crippen molar-refractivity contribution in [3.8, 4) is 0 Å². The molecule has 0 spiro atoms. The van der Waals surface area contributed by atoms with E-state index in [9.17, 15) is 9.59 Å². The summed E-state index contributed by atoms with van der Waals surface area (Å²) >= 11 is 0. The summed E-state index contributed by atoms with van der Waals surface area (Å²) in [7, 11) is 2.01. The first-order valence-corrected chi connectivity index (χ1v) is 9.53. The van der Waals surface area contributed by atoms with Gasteiger partial charge in [0.15, 0.2) is 0 Å². The Kier molecular flexibility index (Phi) is 17.0. The van der Waals surface area contributed by atoms with E-state index in [1.54, 1.807) is 6.92 Å². The van der Waals surface area contributed by atoms with Gasteiger partial charge in [-0.15, -0.1) is 0 Å². The van der Waals surface area contributed by atoms with Gasteiger partial charge in [-0.1, -0.05) is 44.9 Å². The van der Waals surface area contributed by atoms with Crippen molar-refractivity contribution in [2.45, 2.75) is 84.0 Å². The normalized spacial score (nSPS) is 10.9. The number of hydrogen-bond donors (Lipinski definition) is 2. The summed E-state index contributed by atoms with van der Waals surface area (Å²) in [6.07, 6.45) is 13.6. The molecular weight excluding hydrogens is 288 g/mol. The Morgan fingerprint density at radius 1 is 0.696 bits per heavy atom. The lowest BCUT2D eigenvalue weighted by Gasteiger charge is -2.04. The van der Waals surface area contributed by atoms with E-state index in [-0.39, 0.29) is 5.78 Å². The van der Waals surface area contributed by atoms with Crippen molar-refractivity contribution in [3.63, 3.8) is 0 Å². The molecule has 2 N–H and O–H groups in total. The van der Waals surface area contributed by atoms with E-state index in [0.29, 0.717) is 25.2 Å². The van der Waals surface area contributed by atoms with Crippen LogP contribution in [0.3, 0.4) is 0 Å². The van der Waals surface area contributed by atoms with Crippen LogP contribution in [0.5, 0.6) is 0 Å². The van der Waals surface area contributed by atoms with Gasteiger partial charge in [0.1, 0.15) is 11.6 Å². The topological polar surface area (TPSA) is 58.2 Å². The van der Waals surface area contributed by atoms with Gasteiger partial charge in [0.25, 0.3) is 0 Å². The second-order valence-electron chi connectivity index (χ2n) is 6.56. The Hall–Kier alpha value is -0.740. The van der Waals surface area contributed by atoms with Crippen LogP contribution < -0.4 is 10.6 Å². The average Bonchev–Trinajstić information content (AvgIpc) is 2.52. The second-order valence-corrected chi connectivity index (χ2v) is 6.56. The minimum absolute atomic E-state index is 0.219. The average molecular weight is 327 g/mol. The van der Waals surface area contributed by atoms with Crippen LogP contribution in [0.2, 0.25) is 0 Å². The first-order chi connectivity index (χ1) is 11.2. The van der Waals surface area contributed by atoms with Gasteiger partial charge in [-0.3, -0.25) is 4.79 Å². The summed E-state index contributed by atoms with van der Waals surface area (Å²) in [6, 6.07) is 0. The number of Topliss-reactive ketones (excluding diaryl/α,β-unsaturated/α-hetero) is 2. The van der Waals surface area contributed by atoms with Crippen molar-refractivity contribution in [1.29, 1.82) is 0 Å². The highest BCUT2D eigenvalue weighted by Gasteiger charge is 2.01. The van der Waals surface area contributed by atoms with Crippen LogP contribution in [0, 0.1) is 0 Å². The Morgan fingerprint density at radius 2 is 1.26 bits per heavy atom. The highest BCUT2D eigenvalue weighted by Crippen LogP contribution is 2.10. The van der Waals surface area contributed by atoms with Crippen molar-refractivity contribution in [3.05, 3.63) is 0 Å². The molecule has 0 fully saturated rings. The van der Waals surface area contributed by atoms with Gasteiger partial charge >= 0.3 is 0 Å². The molecular formula is C19H38N2O2. The Morgan fingerprint density at radius 3 is 1.83 bits per heavy atom. The van der Waals surface area contributed by atoms with Crippen molar-refractivity contribution >= 4 is 11.6 Å². The molecule has 0 rings (SSSR count). The molecule has 0 heterocycles. The molecule has 0 aromatic rings. The molecule has 0 saturated heterocycles. The number of carbonyl (C=O) groups excluding carboxylic acids is 2. The maximum Gasteiger partial charge on any atom is 0.146 e. The number of carbonyl (C=O) groups is 2. The maximum atomic E-state index is 11.7. The fourth-order valence-electron chi connectivity index (χ4n) is 2.64. The zero-order chi connectivity index (χ0) is 17.2. The van der Waals surface area contributed by atoms with Gasteiger partial charge in [0, 0.05) is 12.8 Å². The van der Waals surface area contributed by atoms with E-state index in [1.807, 2.05) is 7.05 Å². The monoisotopic (exact) mass is 326 g/mol. The molecule has 0 aromatic heterocycles.